The molecule has 0 bridgehead atoms. The van der Waals surface area contributed by atoms with E-state index >= 15 is 0 Å². The summed E-state index contributed by atoms with van der Waals surface area (Å²) < 4.78 is 7.55. The molecule has 17 heavy (non-hydrogen) atoms. The predicted molar refractivity (Wildman–Crippen MR) is 68.2 cm³/mol. The molecule has 1 aromatic rings. The molecule has 0 saturated carbocycles. The van der Waals surface area contributed by atoms with E-state index in [4.69, 9.17) is 9.73 Å². The molecule has 1 atom stereocenters. The van der Waals surface area contributed by atoms with Gasteiger partial charge in [0.1, 0.15) is 11.5 Å². The molecular weight excluding hydrogens is 212 g/mol. The summed E-state index contributed by atoms with van der Waals surface area (Å²) in [6.45, 7) is 3.33. The van der Waals surface area contributed by atoms with Crippen molar-refractivity contribution in [2.24, 2.45) is 4.99 Å². The average Bonchev–Trinajstić information content (AvgIpc) is 2.93. The van der Waals surface area contributed by atoms with Crippen LogP contribution in [0.2, 0.25) is 0 Å². The summed E-state index contributed by atoms with van der Waals surface area (Å²) in [4.78, 5) is 4.82. The van der Waals surface area contributed by atoms with Crippen LogP contribution in [0.15, 0.2) is 29.3 Å². The SMILES string of the molecule is COc1ccc([C@H]2N=C3CCC[N+]3=C2C)cc1. The molecule has 1 saturated heterocycles. The van der Waals surface area contributed by atoms with E-state index in [-0.39, 0.29) is 6.04 Å². The summed E-state index contributed by atoms with van der Waals surface area (Å²) in [6.07, 6.45) is 2.37. The van der Waals surface area contributed by atoms with E-state index in [1.165, 1.54) is 23.5 Å². The van der Waals surface area contributed by atoms with Crippen molar-refractivity contribution in [1.82, 2.24) is 0 Å². The number of benzene rings is 1. The van der Waals surface area contributed by atoms with Crippen LogP contribution in [0.3, 0.4) is 0 Å². The number of methoxy groups -OCH3 is 1. The molecule has 88 valence electrons. The molecule has 0 amide bonds. The second kappa shape index (κ2) is 3.99. The molecule has 2 heterocycles. The van der Waals surface area contributed by atoms with Crippen molar-refractivity contribution < 1.29 is 9.31 Å². The Morgan fingerprint density at radius 1 is 1.29 bits per heavy atom. The van der Waals surface area contributed by atoms with Gasteiger partial charge in [0, 0.05) is 5.56 Å². The highest BCUT2D eigenvalue weighted by Gasteiger charge is 2.37. The summed E-state index contributed by atoms with van der Waals surface area (Å²) in [5.74, 6) is 2.17. The number of hydrogen-bond donors (Lipinski definition) is 0. The summed E-state index contributed by atoms with van der Waals surface area (Å²) in [7, 11) is 1.69. The molecule has 3 rings (SSSR count). The van der Waals surface area contributed by atoms with Crippen molar-refractivity contribution in [2.75, 3.05) is 13.7 Å². The lowest BCUT2D eigenvalue weighted by molar-refractivity contribution is -0.392. The van der Waals surface area contributed by atoms with Gasteiger partial charge in [-0.3, -0.25) is 0 Å². The van der Waals surface area contributed by atoms with Gasteiger partial charge >= 0.3 is 0 Å². The van der Waals surface area contributed by atoms with Crippen LogP contribution in [0.5, 0.6) is 5.75 Å². The zero-order valence-electron chi connectivity index (χ0n) is 10.3. The number of aliphatic imine (C=N–C) groups is 1. The van der Waals surface area contributed by atoms with E-state index in [1.807, 2.05) is 12.1 Å². The van der Waals surface area contributed by atoms with Crippen molar-refractivity contribution in [1.29, 1.82) is 0 Å². The maximum atomic E-state index is 5.18. The third-order valence-corrected chi connectivity index (χ3v) is 3.62. The molecule has 0 N–H and O–H groups in total. The van der Waals surface area contributed by atoms with Gasteiger partial charge in [-0.1, -0.05) is 17.1 Å². The summed E-state index contributed by atoms with van der Waals surface area (Å²) >= 11 is 0. The number of hydrogen-bond acceptors (Lipinski definition) is 2. The van der Waals surface area contributed by atoms with Crippen LogP contribution in [0.4, 0.5) is 0 Å². The van der Waals surface area contributed by atoms with Crippen molar-refractivity contribution in [3.63, 3.8) is 0 Å². The molecule has 0 aliphatic carbocycles. The van der Waals surface area contributed by atoms with Gasteiger partial charge in [-0.2, -0.15) is 0 Å². The van der Waals surface area contributed by atoms with E-state index in [0.717, 1.165) is 18.7 Å². The second-order valence-corrected chi connectivity index (χ2v) is 4.62. The van der Waals surface area contributed by atoms with Gasteiger partial charge in [0.2, 0.25) is 6.04 Å². The first-order valence-corrected chi connectivity index (χ1v) is 6.11. The predicted octanol–water partition coefficient (Wildman–Crippen LogP) is 2.42. The highest BCUT2D eigenvalue weighted by atomic mass is 16.5. The minimum Gasteiger partial charge on any atom is -0.497 e. The molecule has 0 aromatic heterocycles. The van der Waals surface area contributed by atoms with Gasteiger partial charge in [0.25, 0.3) is 5.84 Å². The first kappa shape index (κ1) is 10.5. The Kier molecular flexibility index (Phi) is 2.46. The molecule has 0 spiro atoms. The number of amidine groups is 1. The van der Waals surface area contributed by atoms with Gasteiger partial charge in [-0.25, -0.2) is 4.58 Å². The van der Waals surface area contributed by atoms with E-state index in [0.29, 0.717) is 0 Å². The van der Waals surface area contributed by atoms with Crippen molar-refractivity contribution in [3.05, 3.63) is 29.8 Å². The Bertz CT molecular complexity index is 499. The van der Waals surface area contributed by atoms with Crippen LogP contribution in [-0.4, -0.2) is 29.8 Å². The van der Waals surface area contributed by atoms with Crippen LogP contribution < -0.4 is 4.74 Å². The van der Waals surface area contributed by atoms with Gasteiger partial charge in [-0.05, 0) is 25.5 Å². The lowest BCUT2D eigenvalue weighted by Gasteiger charge is -2.05. The zero-order chi connectivity index (χ0) is 11.8. The highest BCUT2D eigenvalue weighted by Crippen LogP contribution is 2.28. The fraction of sp³-hybridized carbons (Fsp3) is 0.429. The molecule has 1 fully saturated rings. The zero-order valence-corrected chi connectivity index (χ0v) is 10.3. The van der Waals surface area contributed by atoms with E-state index < -0.39 is 0 Å². The van der Waals surface area contributed by atoms with Gasteiger partial charge in [0.05, 0.1) is 20.1 Å². The maximum Gasteiger partial charge on any atom is 0.293 e. The molecule has 3 nitrogen and oxygen atoms in total. The second-order valence-electron chi connectivity index (χ2n) is 4.62. The minimum atomic E-state index is 0.219. The lowest BCUT2D eigenvalue weighted by atomic mass is 10.0. The molecule has 2 aliphatic rings. The number of ether oxygens (including phenoxy) is 1. The molecule has 0 radical (unpaired) electrons. The molecule has 3 heteroatoms. The number of fused-ring (bicyclic) bond motifs is 1. The van der Waals surface area contributed by atoms with Crippen LogP contribution in [-0.2, 0) is 0 Å². The summed E-state index contributed by atoms with van der Waals surface area (Å²) in [5, 5.41) is 0. The monoisotopic (exact) mass is 229 g/mol. The molecular formula is C14H17N2O+. The Labute approximate surface area is 101 Å². The van der Waals surface area contributed by atoms with Crippen molar-refractivity contribution in [3.8, 4) is 5.75 Å². The van der Waals surface area contributed by atoms with Crippen molar-refractivity contribution >= 4 is 11.5 Å². The van der Waals surface area contributed by atoms with E-state index in [1.54, 1.807) is 7.11 Å². The normalized spacial score (nSPS) is 22.7. The first-order valence-electron chi connectivity index (χ1n) is 6.11. The topological polar surface area (TPSA) is 24.6 Å². The number of nitrogens with zero attached hydrogens (tertiary/aromatic N) is 2. The van der Waals surface area contributed by atoms with Crippen molar-refractivity contribution in [2.45, 2.75) is 25.8 Å². The highest BCUT2D eigenvalue weighted by molar-refractivity contribution is 5.96. The Morgan fingerprint density at radius 3 is 2.71 bits per heavy atom. The standard InChI is InChI=1S/C14H17N2O/c1-10-14(15-13-4-3-9-16(10)13)11-5-7-12(17-2)8-6-11/h5-8,14H,3-4,9H2,1-2H3/q+1/t14-/m0/s1. The maximum absolute atomic E-state index is 5.18. The molecule has 2 aliphatic heterocycles. The Balaban J connectivity index is 1.93. The van der Waals surface area contributed by atoms with Crippen LogP contribution in [0.25, 0.3) is 0 Å². The first-order chi connectivity index (χ1) is 8.29. The molecule has 1 aromatic carbocycles. The van der Waals surface area contributed by atoms with Crippen LogP contribution >= 0.6 is 0 Å². The number of rotatable bonds is 2. The summed E-state index contributed by atoms with van der Waals surface area (Å²) in [5.41, 5.74) is 2.62. The third-order valence-electron chi connectivity index (χ3n) is 3.62. The smallest absolute Gasteiger partial charge is 0.293 e. The Morgan fingerprint density at radius 2 is 2.06 bits per heavy atom. The molecule has 0 unspecified atom stereocenters. The minimum absolute atomic E-state index is 0.219. The Hall–Kier alpha value is -1.64. The van der Waals surface area contributed by atoms with E-state index in [2.05, 4.69) is 23.6 Å². The largest absolute Gasteiger partial charge is 0.497 e. The van der Waals surface area contributed by atoms with Crippen LogP contribution in [0.1, 0.15) is 31.4 Å². The quantitative estimate of drug-likeness (QED) is 0.715. The van der Waals surface area contributed by atoms with Gasteiger partial charge in [0.15, 0.2) is 0 Å². The fourth-order valence-electron chi connectivity index (χ4n) is 2.67. The fourth-order valence-corrected chi connectivity index (χ4v) is 2.67. The average molecular weight is 229 g/mol. The van der Waals surface area contributed by atoms with Crippen LogP contribution in [0, 0.1) is 0 Å². The van der Waals surface area contributed by atoms with E-state index in [9.17, 15) is 0 Å². The third kappa shape index (κ3) is 1.66. The van der Waals surface area contributed by atoms with Gasteiger partial charge in [-0.15, -0.1) is 0 Å². The summed E-state index contributed by atoms with van der Waals surface area (Å²) in [6, 6.07) is 8.45. The lowest BCUT2D eigenvalue weighted by Crippen LogP contribution is -2.16. The van der Waals surface area contributed by atoms with Gasteiger partial charge < -0.3 is 4.74 Å².